The standard InChI is InChI=1S/C13H18.C10H20.4CH3.Hf/c1-9-5-6-12-7-10-3-2-4-11(10)8-13(9)12;1-6-7(2)9(4)10(5)8(6)3;;;;;/h7-9,12-13H,2-6H2,1H3;6-10H,1-5H3;4*1H3;/q;;4*-1;+4. The Hall–Kier alpha value is 0.350. The average Bonchev–Trinajstić information content (AvgIpc) is 3.20. The molecular formula is C27H50Hf. The number of allylic oxidation sites excluding steroid dienone is 4. The Balaban J connectivity index is -0.000000389. The van der Waals surface area contributed by atoms with Crippen LogP contribution in [0.25, 0.3) is 0 Å². The summed E-state index contributed by atoms with van der Waals surface area (Å²) in [7, 11) is 0. The second kappa shape index (κ2) is 13.6. The Bertz CT molecular complexity index is 444. The van der Waals surface area contributed by atoms with Crippen molar-refractivity contribution >= 4 is 0 Å². The van der Waals surface area contributed by atoms with E-state index in [0.29, 0.717) is 0 Å². The molecule has 0 aliphatic heterocycles. The van der Waals surface area contributed by atoms with Gasteiger partial charge in [0.1, 0.15) is 0 Å². The normalized spacial score (nSPS) is 39.5. The molecule has 4 rings (SSSR count). The zero-order valence-electron chi connectivity index (χ0n) is 20.8. The Kier molecular flexibility index (Phi) is 16.0. The molecule has 0 bridgehead atoms. The van der Waals surface area contributed by atoms with E-state index < -0.39 is 0 Å². The van der Waals surface area contributed by atoms with Gasteiger partial charge in [0.15, 0.2) is 0 Å². The average molecular weight is 553 g/mol. The second-order valence-corrected chi connectivity index (χ2v) is 9.33. The van der Waals surface area contributed by atoms with E-state index in [2.05, 4.69) is 53.7 Å². The first kappa shape index (κ1) is 33.0. The molecular weight excluding hydrogens is 503 g/mol. The summed E-state index contributed by atoms with van der Waals surface area (Å²) in [5.74, 6) is 7.43. The van der Waals surface area contributed by atoms with Gasteiger partial charge in [-0.1, -0.05) is 53.7 Å². The van der Waals surface area contributed by atoms with Crippen LogP contribution < -0.4 is 0 Å². The number of rotatable bonds is 0. The van der Waals surface area contributed by atoms with Crippen molar-refractivity contribution in [1.82, 2.24) is 0 Å². The van der Waals surface area contributed by atoms with Crippen molar-refractivity contribution in [2.75, 3.05) is 0 Å². The Labute approximate surface area is 199 Å². The predicted octanol–water partition coefficient (Wildman–Crippen LogP) is 8.68. The molecule has 0 saturated heterocycles. The Morgan fingerprint density at radius 1 is 0.607 bits per heavy atom. The van der Waals surface area contributed by atoms with Gasteiger partial charge in [-0.25, -0.2) is 0 Å². The third kappa shape index (κ3) is 6.42. The Morgan fingerprint density at radius 2 is 1.00 bits per heavy atom. The minimum Gasteiger partial charge on any atom is -0.358 e. The van der Waals surface area contributed by atoms with Crippen molar-refractivity contribution in [3.8, 4) is 0 Å². The van der Waals surface area contributed by atoms with Crippen molar-refractivity contribution < 1.29 is 25.8 Å². The first-order chi connectivity index (χ1) is 10.9. The summed E-state index contributed by atoms with van der Waals surface area (Å²) in [6.45, 7) is 14.4. The maximum atomic E-state index is 2.62. The molecule has 28 heavy (non-hydrogen) atoms. The van der Waals surface area contributed by atoms with E-state index in [1.807, 2.05) is 0 Å². The van der Waals surface area contributed by atoms with Crippen LogP contribution in [0.5, 0.6) is 0 Å². The van der Waals surface area contributed by atoms with Crippen molar-refractivity contribution in [3.05, 3.63) is 53.0 Å². The first-order valence-corrected chi connectivity index (χ1v) is 10.3. The van der Waals surface area contributed by atoms with Gasteiger partial charge in [-0.05, 0) is 90.6 Å². The molecule has 4 aliphatic carbocycles. The maximum absolute atomic E-state index is 2.62. The summed E-state index contributed by atoms with van der Waals surface area (Å²) < 4.78 is 0. The largest absolute Gasteiger partial charge is 4.00 e. The summed E-state index contributed by atoms with van der Waals surface area (Å²) in [4.78, 5) is 0. The molecule has 3 fully saturated rings. The fraction of sp³-hybridized carbons (Fsp3) is 0.704. The van der Waals surface area contributed by atoms with Crippen LogP contribution in [0.3, 0.4) is 0 Å². The maximum Gasteiger partial charge on any atom is 4.00 e. The molecule has 0 aromatic carbocycles. The third-order valence-corrected chi connectivity index (χ3v) is 8.37. The van der Waals surface area contributed by atoms with E-state index in [-0.39, 0.29) is 55.5 Å². The van der Waals surface area contributed by atoms with Gasteiger partial charge in [0.25, 0.3) is 0 Å². The minimum atomic E-state index is 0. The van der Waals surface area contributed by atoms with Gasteiger partial charge in [-0.15, -0.1) is 0 Å². The van der Waals surface area contributed by atoms with Crippen molar-refractivity contribution in [1.29, 1.82) is 0 Å². The van der Waals surface area contributed by atoms with E-state index in [0.717, 1.165) is 47.3 Å². The molecule has 0 aromatic rings. The zero-order chi connectivity index (χ0) is 16.7. The molecule has 0 nitrogen and oxygen atoms in total. The van der Waals surface area contributed by atoms with E-state index >= 15 is 0 Å². The summed E-state index contributed by atoms with van der Waals surface area (Å²) in [6.07, 6.45) is 12.2. The van der Waals surface area contributed by atoms with Gasteiger partial charge in [0.2, 0.25) is 0 Å². The van der Waals surface area contributed by atoms with Crippen LogP contribution in [0.15, 0.2) is 23.3 Å². The van der Waals surface area contributed by atoms with Crippen LogP contribution >= 0.6 is 0 Å². The number of hydrogen-bond donors (Lipinski definition) is 0. The molecule has 0 radical (unpaired) electrons. The SMILES string of the molecule is CC1C(C)C(C)C(C)C1C.CC1CCC2C=C3CCCC3=CC12.[CH3-].[CH3-].[CH3-].[CH3-].[Hf+4]. The van der Waals surface area contributed by atoms with E-state index in [1.165, 1.54) is 32.1 Å². The smallest absolute Gasteiger partial charge is 0.358 e. The summed E-state index contributed by atoms with van der Waals surface area (Å²) in [6, 6.07) is 0. The van der Waals surface area contributed by atoms with Crippen LogP contribution in [0, 0.1) is 77.0 Å². The molecule has 3 atom stereocenters. The summed E-state index contributed by atoms with van der Waals surface area (Å²) in [5.41, 5.74) is 3.41. The molecule has 0 aromatic heterocycles. The van der Waals surface area contributed by atoms with Gasteiger partial charge >= 0.3 is 25.8 Å². The van der Waals surface area contributed by atoms with Gasteiger partial charge < -0.3 is 29.7 Å². The summed E-state index contributed by atoms with van der Waals surface area (Å²) >= 11 is 0. The monoisotopic (exact) mass is 554 g/mol. The first-order valence-electron chi connectivity index (χ1n) is 10.3. The van der Waals surface area contributed by atoms with E-state index in [4.69, 9.17) is 0 Å². The minimum absolute atomic E-state index is 0. The van der Waals surface area contributed by atoms with Crippen LogP contribution in [0.2, 0.25) is 0 Å². The Morgan fingerprint density at radius 3 is 1.43 bits per heavy atom. The molecule has 3 unspecified atom stereocenters. The molecule has 0 N–H and O–H groups in total. The molecule has 3 saturated carbocycles. The van der Waals surface area contributed by atoms with Crippen molar-refractivity contribution in [2.45, 2.75) is 73.6 Å². The fourth-order valence-electron chi connectivity index (χ4n) is 5.80. The molecule has 0 spiro atoms. The summed E-state index contributed by atoms with van der Waals surface area (Å²) in [5, 5.41) is 0. The zero-order valence-corrected chi connectivity index (χ0v) is 24.4. The van der Waals surface area contributed by atoms with Gasteiger partial charge in [0.05, 0.1) is 0 Å². The number of fused-ring (bicyclic) bond motifs is 2. The van der Waals surface area contributed by atoms with Gasteiger partial charge in [0, 0.05) is 0 Å². The second-order valence-electron chi connectivity index (χ2n) is 9.33. The van der Waals surface area contributed by atoms with Crippen LogP contribution in [-0.4, -0.2) is 0 Å². The van der Waals surface area contributed by atoms with Crippen molar-refractivity contribution in [2.24, 2.45) is 47.3 Å². The van der Waals surface area contributed by atoms with Crippen molar-refractivity contribution in [3.63, 3.8) is 0 Å². The van der Waals surface area contributed by atoms with Crippen LogP contribution in [0.4, 0.5) is 0 Å². The quantitative estimate of drug-likeness (QED) is 0.208. The van der Waals surface area contributed by atoms with Crippen LogP contribution in [0.1, 0.15) is 73.6 Å². The van der Waals surface area contributed by atoms with Gasteiger partial charge in [-0.3, -0.25) is 0 Å². The molecule has 0 heterocycles. The third-order valence-electron chi connectivity index (χ3n) is 8.37. The number of hydrogen-bond acceptors (Lipinski definition) is 0. The van der Waals surface area contributed by atoms with E-state index in [9.17, 15) is 0 Å². The topological polar surface area (TPSA) is 0 Å². The molecule has 4 aliphatic rings. The van der Waals surface area contributed by atoms with Gasteiger partial charge in [-0.2, -0.15) is 0 Å². The van der Waals surface area contributed by atoms with E-state index in [1.54, 1.807) is 11.1 Å². The van der Waals surface area contributed by atoms with Crippen LogP contribution in [-0.2, 0) is 25.8 Å². The fourth-order valence-corrected chi connectivity index (χ4v) is 5.80. The predicted molar refractivity (Wildman–Crippen MR) is 127 cm³/mol. The molecule has 1 heteroatoms. The molecule has 0 amide bonds. The molecule has 162 valence electrons.